The van der Waals surface area contributed by atoms with Crippen LogP contribution in [0.15, 0.2) is 0 Å². The van der Waals surface area contributed by atoms with Crippen LogP contribution in [0.3, 0.4) is 0 Å². The molecule has 0 aromatic carbocycles. The third-order valence-electron chi connectivity index (χ3n) is 3.55. The van der Waals surface area contributed by atoms with E-state index in [1.807, 2.05) is 0 Å². The van der Waals surface area contributed by atoms with Gasteiger partial charge in [-0.2, -0.15) is 0 Å². The highest BCUT2D eigenvalue weighted by molar-refractivity contribution is 5.12. The summed E-state index contributed by atoms with van der Waals surface area (Å²) in [6.07, 6.45) is 8.44. The van der Waals surface area contributed by atoms with Crippen LogP contribution in [0.25, 0.3) is 0 Å². The Morgan fingerprint density at radius 3 is 2.54 bits per heavy atom. The van der Waals surface area contributed by atoms with E-state index in [1.165, 1.54) is 6.42 Å². The summed E-state index contributed by atoms with van der Waals surface area (Å²) in [6.45, 7) is 6.46. The first-order chi connectivity index (χ1) is 5.99. The fourth-order valence-electron chi connectivity index (χ4n) is 2.18. The second kappa shape index (κ2) is 3.72. The molecule has 1 nitrogen and oxygen atoms in total. The molecule has 1 N–H and O–H groups in total. The van der Waals surface area contributed by atoms with Gasteiger partial charge in [0.1, 0.15) is 5.60 Å². The Balaban J connectivity index is 2.70. The van der Waals surface area contributed by atoms with Crippen LogP contribution in [-0.2, 0) is 0 Å². The maximum Gasteiger partial charge on any atom is 0.128 e. The molecule has 0 amide bonds. The van der Waals surface area contributed by atoms with Gasteiger partial charge in [-0.3, -0.25) is 0 Å². The molecule has 0 radical (unpaired) electrons. The molecule has 1 aliphatic carbocycles. The number of hydrogen-bond acceptors (Lipinski definition) is 1. The zero-order valence-electron chi connectivity index (χ0n) is 8.88. The van der Waals surface area contributed by atoms with E-state index in [9.17, 15) is 5.11 Å². The molecule has 0 aliphatic heterocycles. The van der Waals surface area contributed by atoms with Gasteiger partial charge in [0.25, 0.3) is 0 Å². The summed E-state index contributed by atoms with van der Waals surface area (Å²) < 4.78 is 0. The second-order valence-corrected chi connectivity index (χ2v) is 4.76. The lowest BCUT2D eigenvalue weighted by molar-refractivity contribution is -0.0180. The molecule has 1 saturated carbocycles. The van der Waals surface area contributed by atoms with Gasteiger partial charge >= 0.3 is 0 Å². The largest absolute Gasteiger partial charge is 0.377 e. The summed E-state index contributed by atoms with van der Waals surface area (Å²) in [5.74, 6) is 4.05. The number of terminal acetylenes is 1. The highest BCUT2D eigenvalue weighted by Crippen LogP contribution is 2.39. The topological polar surface area (TPSA) is 20.2 Å². The Morgan fingerprint density at radius 1 is 1.46 bits per heavy atom. The van der Waals surface area contributed by atoms with Crippen LogP contribution in [0.5, 0.6) is 0 Å². The number of hydrogen-bond donors (Lipinski definition) is 1. The Morgan fingerprint density at radius 2 is 2.08 bits per heavy atom. The lowest BCUT2D eigenvalue weighted by Crippen LogP contribution is -2.42. The van der Waals surface area contributed by atoms with E-state index in [1.54, 1.807) is 0 Å². The molecule has 0 aromatic rings. The van der Waals surface area contributed by atoms with Crippen LogP contribution in [0, 0.1) is 30.1 Å². The summed E-state index contributed by atoms with van der Waals surface area (Å²) in [5.41, 5.74) is -0.840. The van der Waals surface area contributed by atoms with Crippen molar-refractivity contribution in [3.63, 3.8) is 0 Å². The van der Waals surface area contributed by atoms with E-state index in [2.05, 4.69) is 26.7 Å². The number of rotatable bonds is 1. The minimum atomic E-state index is -0.840. The molecule has 1 aliphatic rings. The van der Waals surface area contributed by atoms with Gasteiger partial charge < -0.3 is 5.11 Å². The van der Waals surface area contributed by atoms with Crippen molar-refractivity contribution in [1.82, 2.24) is 0 Å². The highest BCUT2D eigenvalue weighted by atomic mass is 16.3. The van der Waals surface area contributed by atoms with Gasteiger partial charge in [0, 0.05) is 0 Å². The predicted molar refractivity (Wildman–Crippen MR) is 55.1 cm³/mol. The van der Waals surface area contributed by atoms with Crippen LogP contribution in [0.1, 0.15) is 40.0 Å². The van der Waals surface area contributed by atoms with E-state index >= 15 is 0 Å². The maximum atomic E-state index is 10.1. The SMILES string of the molecule is C#C[C@@]1(O)C[C@H](C(C)C)CC[C@H]1C. The molecule has 0 heterocycles. The molecular formula is C12H20O. The van der Waals surface area contributed by atoms with Gasteiger partial charge in [0.15, 0.2) is 0 Å². The average molecular weight is 180 g/mol. The van der Waals surface area contributed by atoms with Crippen molar-refractivity contribution < 1.29 is 5.11 Å². The van der Waals surface area contributed by atoms with Crippen LogP contribution >= 0.6 is 0 Å². The first kappa shape index (κ1) is 10.6. The Hall–Kier alpha value is -0.480. The molecule has 0 unspecified atom stereocenters. The Bertz CT molecular complexity index is 214. The van der Waals surface area contributed by atoms with Crippen molar-refractivity contribution >= 4 is 0 Å². The molecule has 0 bridgehead atoms. The van der Waals surface area contributed by atoms with Crippen molar-refractivity contribution in [3.8, 4) is 12.3 Å². The van der Waals surface area contributed by atoms with Gasteiger partial charge in [0.2, 0.25) is 0 Å². The van der Waals surface area contributed by atoms with Crippen molar-refractivity contribution in [1.29, 1.82) is 0 Å². The van der Waals surface area contributed by atoms with E-state index in [0.717, 1.165) is 12.8 Å². The zero-order valence-corrected chi connectivity index (χ0v) is 8.88. The standard InChI is InChI=1S/C12H20O/c1-5-12(13)8-11(9(2)3)7-6-10(12)4/h1,9-11,13H,6-8H2,2-4H3/t10-,11-,12-/m1/s1. The summed E-state index contributed by atoms with van der Waals surface area (Å²) >= 11 is 0. The Labute approximate surface area is 81.5 Å². The third kappa shape index (κ3) is 2.06. The van der Waals surface area contributed by atoms with Gasteiger partial charge in [-0.25, -0.2) is 0 Å². The molecule has 1 heteroatoms. The zero-order chi connectivity index (χ0) is 10.1. The third-order valence-corrected chi connectivity index (χ3v) is 3.55. The van der Waals surface area contributed by atoms with Crippen molar-refractivity contribution in [2.75, 3.05) is 0 Å². The number of aliphatic hydroxyl groups is 1. The molecule has 74 valence electrons. The van der Waals surface area contributed by atoms with Crippen LogP contribution in [0.2, 0.25) is 0 Å². The quantitative estimate of drug-likeness (QED) is 0.614. The van der Waals surface area contributed by atoms with E-state index < -0.39 is 5.60 Å². The molecule has 0 aromatic heterocycles. The molecule has 0 spiro atoms. The van der Waals surface area contributed by atoms with E-state index in [4.69, 9.17) is 6.42 Å². The highest BCUT2D eigenvalue weighted by Gasteiger charge is 2.39. The molecule has 0 saturated heterocycles. The van der Waals surface area contributed by atoms with Gasteiger partial charge in [-0.1, -0.05) is 26.7 Å². The van der Waals surface area contributed by atoms with E-state index in [0.29, 0.717) is 11.8 Å². The summed E-state index contributed by atoms with van der Waals surface area (Å²) in [7, 11) is 0. The molecule has 1 fully saturated rings. The minimum absolute atomic E-state index is 0.257. The molecule has 3 atom stereocenters. The summed E-state index contributed by atoms with van der Waals surface area (Å²) in [5, 5.41) is 10.1. The smallest absolute Gasteiger partial charge is 0.128 e. The van der Waals surface area contributed by atoms with Crippen molar-refractivity contribution in [2.45, 2.75) is 45.6 Å². The van der Waals surface area contributed by atoms with Gasteiger partial charge in [0.05, 0.1) is 0 Å². The second-order valence-electron chi connectivity index (χ2n) is 4.76. The van der Waals surface area contributed by atoms with Gasteiger partial charge in [-0.05, 0) is 37.0 Å². The first-order valence-electron chi connectivity index (χ1n) is 5.19. The lowest BCUT2D eigenvalue weighted by Gasteiger charge is -2.39. The van der Waals surface area contributed by atoms with Crippen molar-refractivity contribution in [2.24, 2.45) is 17.8 Å². The molecule has 1 rings (SSSR count). The normalized spacial score (nSPS) is 40.3. The molecular weight excluding hydrogens is 160 g/mol. The predicted octanol–water partition coefficient (Wildman–Crippen LogP) is 2.44. The maximum absolute atomic E-state index is 10.1. The van der Waals surface area contributed by atoms with Crippen LogP contribution in [0.4, 0.5) is 0 Å². The monoisotopic (exact) mass is 180 g/mol. The fraction of sp³-hybridized carbons (Fsp3) is 0.833. The summed E-state index contributed by atoms with van der Waals surface area (Å²) in [4.78, 5) is 0. The van der Waals surface area contributed by atoms with Crippen molar-refractivity contribution in [3.05, 3.63) is 0 Å². The van der Waals surface area contributed by atoms with Crippen LogP contribution in [-0.4, -0.2) is 10.7 Å². The Kier molecular flexibility index (Phi) is 3.03. The summed E-state index contributed by atoms with van der Waals surface area (Å²) in [6, 6.07) is 0. The minimum Gasteiger partial charge on any atom is -0.377 e. The van der Waals surface area contributed by atoms with E-state index in [-0.39, 0.29) is 5.92 Å². The molecule has 13 heavy (non-hydrogen) atoms. The lowest BCUT2D eigenvalue weighted by atomic mass is 9.69. The first-order valence-corrected chi connectivity index (χ1v) is 5.19. The van der Waals surface area contributed by atoms with Crippen LogP contribution < -0.4 is 0 Å². The van der Waals surface area contributed by atoms with Gasteiger partial charge in [-0.15, -0.1) is 6.42 Å². The average Bonchev–Trinajstić information content (AvgIpc) is 2.09. The fourth-order valence-corrected chi connectivity index (χ4v) is 2.18.